The molecule has 0 aliphatic carbocycles. The third-order valence-corrected chi connectivity index (χ3v) is 7.89. The molecule has 0 unspecified atom stereocenters. The maximum atomic E-state index is 14.2. The Morgan fingerprint density at radius 1 is 0.929 bits per heavy atom. The van der Waals surface area contributed by atoms with Gasteiger partial charge in [0.15, 0.2) is 0 Å². The molecule has 1 N–H and O–H groups in total. The van der Waals surface area contributed by atoms with E-state index in [-0.39, 0.29) is 36.2 Å². The van der Waals surface area contributed by atoms with Gasteiger partial charge in [0.05, 0.1) is 26.2 Å². The zero-order valence-corrected chi connectivity index (χ0v) is 26.1. The highest BCUT2D eigenvalue weighted by Gasteiger charge is 2.34. The number of rotatable bonds is 14. The van der Waals surface area contributed by atoms with Gasteiger partial charge in [0, 0.05) is 30.6 Å². The topological polar surface area (TPSA) is 105 Å². The predicted molar refractivity (Wildman–Crippen MR) is 166 cm³/mol. The fourth-order valence-electron chi connectivity index (χ4n) is 4.39. The number of nitrogens with one attached hydrogen (secondary N) is 1. The molecule has 0 aliphatic heterocycles. The first-order valence-corrected chi connectivity index (χ1v) is 15.7. The second kappa shape index (κ2) is 14.9. The summed E-state index contributed by atoms with van der Waals surface area (Å²) in [6, 6.07) is 20.1. The number of ether oxygens (including phenoxy) is 2. The van der Waals surface area contributed by atoms with Gasteiger partial charge >= 0.3 is 0 Å². The van der Waals surface area contributed by atoms with Crippen LogP contribution >= 0.6 is 11.6 Å². The van der Waals surface area contributed by atoms with Crippen LogP contribution in [-0.4, -0.2) is 64.7 Å². The van der Waals surface area contributed by atoms with Crippen LogP contribution in [0.2, 0.25) is 5.02 Å². The first-order valence-electron chi connectivity index (χ1n) is 13.5. The average Bonchev–Trinajstić information content (AvgIpc) is 2.96. The lowest BCUT2D eigenvalue weighted by Gasteiger charge is -2.34. The van der Waals surface area contributed by atoms with E-state index in [2.05, 4.69) is 5.32 Å². The van der Waals surface area contributed by atoms with E-state index >= 15 is 0 Å². The fraction of sp³-hybridized carbons (Fsp3) is 0.355. The first kappa shape index (κ1) is 32.8. The molecule has 11 heteroatoms. The normalized spacial score (nSPS) is 12.0. The highest BCUT2D eigenvalue weighted by atomic mass is 35.5. The SMILES string of the molecule is COc1ccc(N(CC(=O)N(Cc2cccc(Cl)c2)[C@H](Cc2ccccc2)C(=O)NCC(C)C)S(C)(=O)=O)c(OC)c1. The molecular formula is C31H38ClN3O6S. The molecule has 0 aliphatic rings. The number of anilines is 1. The molecule has 0 saturated heterocycles. The van der Waals surface area contributed by atoms with Gasteiger partial charge in [-0.25, -0.2) is 8.42 Å². The van der Waals surface area contributed by atoms with Gasteiger partial charge in [-0.05, 0) is 41.3 Å². The van der Waals surface area contributed by atoms with Crippen LogP contribution in [0, 0.1) is 5.92 Å². The van der Waals surface area contributed by atoms with Crippen molar-refractivity contribution in [2.45, 2.75) is 32.9 Å². The second-order valence-corrected chi connectivity index (χ2v) is 12.6. The summed E-state index contributed by atoms with van der Waals surface area (Å²) in [7, 11) is -1.07. The van der Waals surface area contributed by atoms with E-state index in [1.165, 1.54) is 25.2 Å². The highest BCUT2D eigenvalue weighted by molar-refractivity contribution is 7.92. The average molecular weight is 616 g/mol. The predicted octanol–water partition coefficient (Wildman–Crippen LogP) is 4.54. The zero-order valence-electron chi connectivity index (χ0n) is 24.5. The van der Waals surface area contributed by atoms with Gasteiger partial charge in [-0.15, -0.1) is 0 Å². The van der Waals surface area contributed by atoms with Gasteiger partial charge < -0.3 is 19.7 Å². The minimum absolute atomic E-state index is 0.0311. The molecule has 3 aromatic carbocycles. The number of carbonyl (C=O) groups excluding carboxylic acids is 2. The molecule has 9 nitrogen and oxygen atoms in total. The Kier molecular flexibility index (Phi) is 11.6. The van der Waals surface area contributed by atoms with Crippen molar-refractivity contribution in [3.05, 3.63) is 88.9 Å². The number of nitrogens with zero attached hydrogens (tertiary/aromatic N) is 2. The minimum Gasteiger partial charge on any atom is -0.497 e. The van der Waals surface area contributed by atoms with E-state index in [1.807, 2.05) is 44.2 Å². The standard InChI is InChI=1S/C31H38ClN3O6S/c1-22(2)19-33-31(37)28(17-23-10-7-6-8-11-23)34(20-24-12-9-13-25(32)16-24)30(36)21-35(42(5,38)39)27-15-14-26(40-3)18-29(27)41-4/h6-16,18,22,28H,17,19-21H2,1-5H3,(H,33,37)/t28-/m1/s1. The molecular weight excluding hydrogens is 578 g/mol. The lowest BCUT2D eigenvalue weighted by atomic mass is 10.0. The fourth-order valence-corrected chi connectivity index (χ4v) is 5.46. The molecule has 226 valence electrons. The Morgan fingerprint density at radius 3 is 2.21 bits per heavy atom. The molecule has 42 heavy (non-hydrogen) atoms. The number of methoxy groups -OCH3 is 2. The van der Waals surface area contributed by atoms with Crippen LogP contribution < -0.4 is 19.1 Å². The molecule has 0 aromatic heterocycles. The maximum absolute atomic E-state index is 14.2. The third kappa shape index (κ3) is 9.12. The zero-order chi connectivity index (χ0) is 30.9. The lowest BCUT2D eigenvalue weighted by molar-refractivity contribution is -0.140. The second-order valence-electron chi connectivity index (χ2n) is 10.3. The van der Waals surface area contributed by atoms with Crippen molar-refractivity contribution in [1.82, 2.24) is 10.2 Å². The van der Waals surface area contributed by atoms with Crippen LogP contribution in [-0.2, 0) is 32.6 Å². The van der Waals surface area contributed by atoms with Gasteiger partial charge in [0.25, 0.3) is 0 Å². The first-order chi connectivity index (χ1) is 19.9. The molecule has 0 radical (unpaired) electrons. The van der Waals surface area contributed by atoms with Crippen molar-refractivity contribution in [3.8, 4) is 11.5 Å². The monoisotopic (exact) mass is 615 g/mol. The lowest BCUT2D eigenvalue weighted by Crippen LogP contribution is -2.53. The number of hydrogen-bond donors (Lipinski definition) is 1. The highest BCUT2D eigenvalue weighted by Crippen LogP contribution is 2.34. The number of benzene rings is 3. The van der Waals surface area contributed by atoms with Crippen molar-refractivity contribution in [2.75, 3.05) is 37.9 Å². The van der Waals surface area contributed by atoms with Crippen molar-refractivity contribution >= 4 is 39.1 Å². The minimum atomic E-state index is -3.96. The van der Waals surface area contributed by atoms with Crippen molar-refractivity contribution < 1.29 is 27.5 Å². The van der Waals surface area contributed by atoms with Crippen LogP contribution in [0.3, 0.4) is 0 Å². The Morgan fingerprint density at radius 2 is 1.62 bits per heavy atom. The molecule has 1 atom stereocenters. The maximum Gasteiger partial charge on any atom is 0.244 e. The van der Waals surface area contributed by atoms with Crippen LogP contribution in [0.1, 0.15) is 25.0 Å². The summed E-state index contributed by atoms with van der Waals surface area (Å²) in [5, 5.41) is 3.43. The summed E-state index contributed by atoms with van der Waals surface area (Å²) in [4.78, 5) is 29.3. The summed E-state index contributed by atoms with van der Waals surface area (Å²) in [5.74, 6) is -0.0476. The van der Waals surface area contributed by atoms with Crippen LogP contribution in [0.15, 0.2) is 72.8 Å². The summed E-state index contributed by atoms with van der Waals surface area (Å²) >= 11 is 6.25. The number of amides is 2. The number of sulfonamides is 1. The Labute approximate surface area is 253 Å². The number of carbonyl (C=O) groups is 2. The molecule has 3 aromatic rings. The third-order valence-electron chi connectivity index (χ3n) is 6.53. The van der Waals surface area contributed by atoms with Crippen molar-refractivity contribution in [3.63, 3.8) is 0 Å². The van der Waals surface area contributed by atoms with E-state index < -0.39 is 28.5 Å². The Bertz CT molecular complexity index is 1470. The summed E-state index contributed by atoms with van der Waals surface area (Å²) in [6.45, 7) is 3.84. The molecule has 0 heterocycles. The van der Waals surface area contributed by atoms with E-state index in [4.69, 9.17) is 21.1 Å². The van der Waals surface area contributed by atoms with Gasteiger partial charge in [0.1, 0.15) is 24.1 Å². The van der Waals surface area contributed by atoms with Gasteiger partial charge in [-0.2, -0.15) is 0 Å². The summed E-state index contributed by atoms with van der Waals surface area (Å²) < 4.78 is 37.8. The summed E-state index contributed by atoms with van der Waals surface area (Å²) in [5.41, 5.74) is 1.71. The largest absolute Gasteiger partial charge is 0.497 e. The Balaban J connectivity index is 2.09. The summed E-state index contributed by atoms with van der Waals surface area (Å²) in [6.07, 6.45) is 1.24. The van der Waals surface area contributed by atoms with E-state index in [9.17, 15) is 18.0 Å². The van der Waals surface area contributed by atoms with Crippen molar-refractivity contribution in [1.29, 1.82) is 0 Å². The van der Waals surface area contributed by atoms with E-state index in [1.54, 1.807) is 36.4 Å². The van der Waals surface area contributed by atoms with Crippen LogP contribution in [0.5, 0.6) is 11.5 Å². The molecule has 0 spiro atoms. The van der Waals surface area contributed by atoms with Gasteiger partial charge in [-0.1, -0.05) is 67.9 Å². The van der Waals surface area contributed by atoms with E-state index in [0.29, 0.717) is 22.9 Å². The number of halogens is 1. The van der Waals surface area contributed by atoms with Gasteiger partial charge in [-0.3, -0.25) is 13.9 Å². The quantitative estimate of drug-likeness (QED) is 0.286. The molecule has 2 amide bonds. The molecule has 3 rings (SSSR count). The van der Waals surface area contributed by atoms with Gasteiger partial charge in [0.2, 0.25) is 21.8 Å². The smallest absolute Gasteiger partial charge is 0.244 e. The van der Waals surface area contributed by atoms with Crippen molar-refractivity contribution in [2.24, 2.45) is 5.92 Å². The molecule has 0 fully saturated rings. The Hall–Kier alpha value is -3.76. The molecule has 0 saturated carbocycles. The molecule has 0 bridgehead atoms. The number of hydrogen-bond acceptors (Lipinski definition) is 6. The van der Waals surface area contributed by atoms with E-state index in [0.717, 1.165) is 16.1 Å². The van der Waals surface area contributed by atoms with Crippen LogP contribution in [0.25, 0.3) is 0 Å². The van der Waals surface area contributed by atoms with Crippen LogP contribution in [0.4, 0.5) is 5.69 Å².